The summed E-state index contributed by atoms with van der Waals surface area (Å²) in [6.07, 6.45) is 3.49. The van der Waals surface area contributed by atoms with Gasteiger partial charge in [0, 0.05) is 44.2 Å². The van der Waals surface area contributed by atoms with Crippen LogP contribution in [0.25, 0.3) is 0 Å². The predicted molar refractivity (Wildman–Crippen MR) is 115 cm³/mol. The first-order valence-electron chi connectivity index (χ1n) is 10.9. The van der Waals surface area contributed by atoms with Gasteiger partial charge in [0.15, 0.2) is 11.5 Å². The van der Waals surface area contributed by atoms with Gasteiger partial charge in [-0.3, -0.25) is 4.90 Å². The average molecular weight is 397 g/mol. The third-order valence-corrected chi connectivity index (χ3v) is 5.79. The molecular formula is C23H32N4O2. The molecule has 2 aromatic rings. The van der Waals surface area contributed by atoms with Crippen molar-refractivity contribution in [2.45, 2.75) is 59.0 Å². The molecule has 0 radical (unpaired) electrons. The summed E-state index contributed by atoms with van der Waals surface area (Å²) < 4.78 is 5.54. The van der Waals surface area contributed by atoms with E-state index in [1.807, 2.05) is 19.1 Å². The smallest absolute Gasteiger partial charge is 0.161 e. The van der Waals surface area contributed by atoms with E-state index < -0.39 is 0 Å². The van der Waals surface area contributed by atoms with Crippen molar-refractivity contribution < 1.29 is 9.84 Å². The summed E-state index contributed by atoms with van der Waals surface area (Å²) >= 11 is 0. The van der Waals surface area contributed by atoms with Gasteiger partial charge in [-0.2, -0.15) is 0 Å². The van der Waals surface area contributed by atoms with Crippen molar-refractivity contribution >= 4 is 5.82 Å². The summed E-state index contributed by atoms with van der Waals surface area (Å²) in [7, 11) is 0. The molecule has 1 aromatic heterocycles. The molecule has 1 aromatic carbocycles. The Balaban J connectivity index is 1.57. The summed E-state index contributed by atoms with van der Waals surface area (Å²) in [5.74, 6) is 3.21. The van der Waals surface area contributed by atoms with Crippen molar-refractivity contribution in [1.29, 1.82) is 0 Å². The second-order valence-corrected chi connectivity index (χ2v) is 8.38. The third-order valence-electron chi connectivity index (χ3n) is 5.79. The van der Waals surface area contributed by atoms with Crippen LogP contribution in [-0.4, -0.2) is 46.2 Å². The second kappa shape index (κ2) is 8.57. The molecule has 6 heteroatoms. The molecule has 0 aliphatic carbocycles. The van der Waals surface area contributed by atoms with E-state index >= 15 is 0 Å². The van der Waals surface area contributed by atoms with Crippen LogP contribution in [-0.2, 0) is 19.5 Å². The van der Waals surface area contributed by atoms with E-state index in [2.05, 4.69) is 23.6 Å². The Morgan fingerprint density at radius 2 is 1.93 bits per heavy atom. The van der Waals surface area contributed by atoms with Gasteiger partial charge >= 0.3 is 0 Å². The normalized spacial score (nSPS) is 17.0. The molecule has 0 bridgehead atoms. The lowest BCUT2D eigenvalue weighted by Gasteiger charge is -2.31. The maximum atomic E-state index is 9.96. The minimum atomic E-state index is 0.198. The fourth-order valence-electron chi connectivity index (χ4n) is 4.25. The van der Waals surface area contributed by atoms with Gasteiger partial charge in [0.2, 0.25) is 0 Å². The molecule has 156 valence electrons. The number of hydrogen-bond acceptors (Lipinski definition) is 6. The lowest BCUT2D eigenvalue weighted by atomic mass is 10.0. The van der Waals surface area contributed by atoms with E-state index in [9.17, 15) is 5.11 Å². The van der Waals surface area contributed by atoms with E-state index in [1.54, 1.807) is 6.07 Å². The number of phenols is 1. The highest BCUT2D eigenvalue weighted by Gasteiger charge is 2.27. The molecule has 0 spiro atoms. The molecule has 0 saturated carbocycles. The number of hydrogen-bond donors (Lipinski definition) is 1. The number of rotatable bonds is 6. The molecule has 2 aliphatic heterocycles. The minimum Gasteiger partial charge on any atom is -0.504 e. The van der Waals surface area contributed by atoms with Crippen molar-refractivity contribution in [3.05, 3.63) is 40.8 Å². The Hall–Kier alpha value is -2.34. The Kier molecular flexibility index (Phi) is 5.90. The fourth-order valence-corrected chi connectivity index (χ4v) is 4.25. The van der Waals surface area contributed by atoms with Gasteiger partial charge < -0.3 is 14.7 Å². The largest absolute Gasteiger partial charge is 0.504 e. The topological polar surface area (TPSA) is 61.7 Å². The van der Waals surface area contributed by atoms with Crippen LogP contribution < -0.4 is 9.64 Å². The minimum absolute atomic E-state index is 0.198. The summed E-state index contributed by atoms with van der Waals surface area (Å²) in [4.78, 5) is 14.8. The first-order chi connectivity index (χ1) is 14.0. The van der Waals surface area contributed by atoms with Crippen LogP contribution in [0.2, 0.25) is 0 Å². The van der Waals surface area contributed by atoms with Gasteiger partial charge in [-0.25, -0.2) is 9.97 Å². The number of aromatic hydroxyl groups is 1. The molecule has 29 heavy (non-hydrogen) atoms. The quantitative estimate of drug-likeness (QED) is 0.800. The molecule has 1 fully saturated rings. The highest BCUT2D eigenvalue weighted by Crippen LogP contribution is 2.32. The summed E-state index contributed by atoms with van der Waals surface area (Å²) in [6.45, 7) is 11.7. The van der Waals surface area contributed by atoms with E-state index in [0.29, 0.717) is 18.3 Å². The van der Waals surface area contributed by atoms with Gasteiger partial charge in [-0.05, 0) is 43.9 Å². The number of anilines is 1. The molecule has 4 rings (SSSR count). The second-order valence-electron chi connectivity index (χ2n) is 8.38. The van der Waals surface area contributed by atoms with Gasteiger partial charge in [-0.15, -0.1) is 0 Å². The van der Waals surface area contributed by atoms with Crippen LogP contribution in [0.4, 0.5) is 5.82 Å². The number of benzene rings is 1. The fraction of sp³-hybridized carbons (Fsp3) is 0.565. The molecular weight excluding hydrogens is 364 g/mol. The van der Waals surface area contributed by atoms with Crippen LogP contribution in [0, 0.1) is 0 Å². The lowest BCUT2D eigenvalue weighted by molar-refractivity contribution is 0.240. The van der Waals surface area contributed by atoms with E-state index in [-0.39, 0.29) is 5.75 Å². The summed E-state index contributed by atoms with van der Waals surface area (Å²) in [5, 5.41) is 9.96. The molecule has 3 heterocycles. The molecule has 1 N–H and O–H groups in total. The number of ether oxygens (including phenoxy) is 1. The predicted octanol–water partition coefficient (Wildman–Crippen LogP) is 3.86. The van der Waals surface area contributed by atoms with Gasteiger partial charge in [0.05, 0.1) is 12.3 Å². The third kappa shape index (κ3) is 4.32. The lowest BCUT2D eigenvalue weighted by Crippen LogP contribution is -2.33. The van der Waals surface area contributed by atoms with E-state index in [4.69, 9.17) is 14.7 Å². The maximum Gasteiger partial charge on any atom is 0.161 e. The molecule has 0 atom stereocenters. The van der Waals surface area contributed by atoms with E-state index in [1.165, 1.54) is 29.9 Å². The monoisotopic (exact) mass is 396 g/mol. The van der Waals surface area contributed by atoms with Crippen molar-refractivity contribution in [3.63, 3.8) is 0 Å². The average Bonchev–Trinajstić information content (AvgIpc) is 3.24. The van der Waals surface area contributed by atoms with Crippen LogP contribution in [0.5, 0.6) is 11.5 Å². The Labute approximate surface area is 173 Å². The zero-order valence-corrected chi connectivity index (χ0v) is 17.8. The van der Waals surface area contributed by atoms with Crippen molar-refractivity contribution in [2.24, 2.45) is 0 Å². The Morgan fingerprint density at radius 1 is 1.14 bits per heavy atom. The molecule has 0 amide bonds. The standard InChI is InChI=1S/C23H32N4O2/c1-4-29-21-13-17(7-8-20(21)28)14-26-12-9-18-19(15-26)24-22(16(2)3)25-23(18)27-10-5-6-11-27/h7-8,13,16,28H,4-6,9-12,14-15H2,1-3H3. The number of aromatic nitrogens is 2. The Morgan fingerprint density at radius 3 is 2.66 bits per heavy atom. The highest BCUT2D eigenvalue weighted by atomic mass is 16.5. The first-order valence-corrected chi connectivity index (χ1v) is 10.9. The van der Waals surface area contributed by atoms with Crippen molar-refractivity contribution in [1.82, 2.24) is 14.9 Å². The van der Waals surface area contributed by atoms with Gasteiger partial charge in [-0.1, -0.05) is 19.9 Å². The van der Waals surface area contributed by atoms with Crippen molar-refractivity contribution in [2.75, 3.05) is 31.1 Å². The summed E-state index contributed by atoms with van der Waals surface area (Å²) in [5.41, 5.74) is 3.67. The first kappa shape index (κ1) is 20.0. The maximum absolute atomic E-state index is 9.96. The number of nitrogens with zero attached hydrogens (tertiary/aromatic N) is 4. The zero-order chi connectivity index (χ0) is 20.4. The van der Waals surface area contributed by atoms with Crippen LogP contribution in [0.3, 0.4) is 0 Å². The molecule has 2 aliphatic rings. The Bertz CT molecular complexity index is 862. The van der Waals surface area contributed by atoms with E-state index in [0.717, 1.165) is 50.5 Å². The highest BCUT2D eigenvalue weighted by molar-refractivity contribution is 5.51. The molecule has 1 saturated heterocycles. The summed E-state index contributed by atoms with van der Waals surface area (Å²) in [6, 6.07) is 5.65. The van der Waals surface area contributed by atoms with Crippen LogP contribution in [0.1, 0.15) is 62.2 Å². The van der Waals surface area contributed by atoms with Crippen LogP contribution >= 0.6 is 0 Å². The number of phenolic OH excluding ortho intramolecular Hbond substituents is 1. The molecule has 6 nitrogen and oxygen atoms in total. The van der Waals surface area contributed by atoms with Crippen LogP contribution in [0.15, 0.2) is 18.2 Å². The van der Waals surface area contributed by atoms with Gasteiger partial charge in [0.25, 0.3) is 0 Å². The zero-order valence-electron chi connectivity index (χ0n) is 17.8. The number of fused-ring (bicyclic) bond motifs is 1. The molecule has 0 unspecified atom stereocenters. The van der Waals surface area contributed by atoms with Crippen molar-refractivity contribution in [3.8, 4) is 11.5 Å². The SMILES string of the molecule is CCOc1cc(CN2CCc3c(nc(C(C)C)nc3N3CCCC3)C2)ccc1O. The van der Waals surface area contributed by atoms with Gasteiger partial charge in [0.1, 0.15) is 11.6 Å².